The van der Waals surface area contributed by atoms with Gasteiger partial charge in [0, 0.05) is 0 Å². The molecule has 0 heterocycles. The van der Waals surface area contributed by atoms with Crippen molar-refractivity contribution in [3.63, 3.8) is 0 Å². The Morgan fingerprint density at radius 2 is 1.12 bits per heavy atom. The van der Waals surface area contributed by atoms with Gasteiger partial charge in [0.25, 0.3) is 0 Å². The molecular weight excluding hydrogens is 398 g/mol. The highest BCUT2D eigenvalue weighted by Gasteiger charge is 2.20. The molecule has 0 saturated heterocycles. The summed E-state index contributed by atoms with van der Waals surface area (Å²) in [7, 11) is -1.96. The van der Waals surface area contributed by atoms with Crippen LogP contribution < -0.4 is 10.1 Å². The molecule has 0 aromatic heterocycles. The number of benzene rings is 5. The predicted octanol–water partition coefficient (Wildman–Crippen LogP) is 3.64. The third-order valence-electron chi connectivity index (χ3n) is 5.77. The first kappa shape index (κ1) is 20.3. The highest BCUT2D eigenvalue weighted by atomic mass is 16.5. The van der Waals surface area contributed by atoms with Crippen molar-refractivity contribution < 1.29 is 19.7 Å². The highest BCUT2D eigenvalue weighted by molar-refractivity contribution is 6.59. The Balaban J connectivity index is 1.99. The predicted molar refractivity (Wildman–Crippen MR) is 132 cm³/mol. The van der Waals surface area contributed by atoms with Crippen LogP contribution in [0.2, 0.25) is 0 Å². The lowest BCUT2D eigenvalue weighted by Gasteiger charge is -2.19. The maximum absolute atomic E-state index is 9.86. The SMILES string of the molecule is OBOc1ccc2c(-c3ccccc3)c3cc(B(O)O)ccc3c(-c3ccccc3)c2c1. The lowest BCUT2D eigenvalue weighted by Crippen LogP contribution is -2.29. The van der Waals surface area contributed by atoms with Gasteiger partial charge in [-0.1, -0.05) is 84.9 Å². The molecule has 0 aliphatic rings. The second-order valence-corrected chi connectivity index (χ2v) is 7.64. The van der Waals surface area contributed by atoms with Gasteiger partial charge in [0.05, 0.1) is 0 Å². The van der Waals surface area contributed by atoms with Crippen molar-refractivity contribution in [2.24, 2.45) is 0 Å². The van der Waals surface area contributed by atoms with E-state index in [1.54, 1.807) is 6.07 Å². The summed E-state index contributed by atoms with van der Waals surface area (Å²) in [5.74, 6) is 0.581. The minimum absolute atomic E-state index is 0.400. The lowest BCUT2D eigenvalue weighted by molar-refractivity contribution is 0.426. The van der Waals surface area contributed by atoms with E-state index in [0.717, 1.165) is 43.8 Å². The minimum atomic E-state index is -1.56. The fourth-order valence-corrected chi connectivity index (χ4v) is 4.38. The molecule has 0 aliphatic carbocycles. The Kier molecular flexibility index (Phi) is 5.41. The van der Waals surface area contributed by atoms with Crippen LogP contribution in [0.1, 0.15) is 0 Å². The molecule has 0 atom stereocenters. The first-order valence-corrected chi connectivity index (χ1v) is 10.4. The molecule has 0 spiro atoms. The van der Waals surface area contributed by atoms with Crippen LogP contribution in [0.25, 0.3) is 43.8 Å². The van der Waals surface area contributed by atoms with E-state index >= 15 is 0 Å². The van der Waals surface area contributed by atoms with Gasteiger partial charge in [-0.3, -0.25) is 0 Å². The van der Waals surface area contributed by atoms with Gasteiger partial charge in [-0.2, -0.15) is 0 Å². The monoisotopic (exact) mass is 418 g/mol. The van der Waals surface area contributed by atoms with Crippen molar-refractivity contribution in [1.29, 1.82) is 0 Å². The fraction of sp³-hybridized carbons (Fsp3) is 0. The van der Waals surface area contributed by atoms with Gasteiger partial charge < -0.3 is 19.7 Å². The van der Waals surface area contributed by atoms with Gasteiger partial charge in [-0.05, 0) is 61.4 Å². The Bertz CT molecular complexity index is 1400. The number of hydrogen-bond acceptors (Lipinski definition) is 4. The molecule has 0 radical (unpaired) electrons. The van der Waals surface area contributed by atoms with Gasteiger partial charge in [-0.15, -0.1) is 0 Å². The summed E-state index contributed by atoms with van der Waals surface area (Å²) in [6.07, 6.45) is 0. The van der Waals surface area contributed by atoms with Crippen LogP contribution in [0.15, 0.2) is 97.1 Å². The average molecular weight is 418 g/mol. The Hall–Kier alpha value is -3.57. The molecule has 0 amide bonds. The van der Waals surface area contributed by atoms with Crippen LogP contribution in [0.5, 0.6) is 5.75 Å². The quantitative estimate of drug-likeness (QED) is 0.301. The van der Waals surface area contributed by atoms with E-state index in [-0.39, 0.29) is 0 Å². The van der Waals surface area contributed by atoms with Crippen molar-refractivity contribution in [3.05, 3.63) is 97.1 Å². The van der Waals surface area contributed by atoms with Crippen LogP contribution in [-0.4, -0.2) is 29.9 Å². The molecule has 0 bridgehead atoms. The largest absolute Gasteiger partial charge is 0.539 e. The summed E-state index contributed by atoms with van der Waals surface area (Å²) in [4.78, 5) is 0. The first-order valence-electron chi connectivity index (χ1n) is 10.4. The maximum Gasteiger partial charge on any atom is 0.504 e. The molecule has 0 aliphatic heterocycles. The van der Waals surface area contributed by atoms with E-state index < -0.39 is 14.8 Å². The Labute approximate surface area is 186 Å². The maximum atomic E-state index is 9.86. The summed E-state index contributed by atoms with van der Waals surface area (Å²) in [6, 6.07) is 31.5. The zero-order valence-electron chi connectivity index (χ0n) is 17.3. The molecule has 32 heavy (non-hydrogen) atoms. The Morgan fingerprint density at radius 3 is 1.66 bits per heavy atom. The number of rotatable bonds is 5. The molecule has 154 valence electrons. The molecule has 0 unspecified atom stereocenters. The standard InChI is InChI=1S/C26H20B2O4/c29-27-32-20-12-14-22-24(16-20)26(18-9-5-2-6-10-18)21-13-11-19(28(30)31)15-23(21)25(22)17-7-3-1-4-8-17/h1-16,27,29-31H. The molecule has 5 rings (SSSR count). The van der Waals surface area contributed by atoms with Crippen molar-refractivity contribution >= 4 is 41.8 Å². The van der Waals surface area contributed by atoms with Gasteiger partial charge in [-0.25, -0.2) is 0 Å². The zero-order chi connectivity index (χ0) is 22.1. The van der Waals surface area contributed by atoms with Crippen LogP contribution in [0, 0.1) is 0 Å². The van der Waals surface area contributed by atoms with Crippen molar-refractivity contribution in [1.82, 2.24) is 0 Å². The van der Waals surface area contributed by atoms with Crippen molar-refractivity contribution in [3.8, 4) is 28.0 Å². The highest BCUT2D eigenvalue weighted by Crippen LogP contribution is 2.44. The zero-order valence-corrected chi connectivity index (χ0v) is 17.3. The molecule has 4 nitrogen and oxygen atoms in total. The van der Waals surface area contributed by atoms with E-state index in [9.17, 15) is 15.1 Å². The van der Waals surface area contributed by atoms with Gasteiger partial charge in [0.15, 0.2) is 0 Å². The van der Waals surface area contributed by atoms with Crippen molar-refractivity contribution in [2.75, 3.05) is 0 Å². The van der Waals surface area contributed by atoms with E-state index in [0.29, 0.717) is 11.2 Å². The van der Waals surface area contributed by atoms with E-state index in [1.165, 1.54) is 0 Å². The van der Waals surface area contributed by atoms with E-state index in [1.807, 2.05) is 66.7 Å². The third-order valence-corrected chi connectivity index (χ3v) is 5.77. The van der Waals surface area contributed by atoms with Gasteiger partial charge in [0.2, 0.25) is 0 Å². The average Bonchev–Trinajstić information content (AvgIpc) is 2.83. The summed E-state index contributed by atoms with van der Waals surface area (Å²) < 4.78 is 5.40. The van der Waals surface area contributed by atoms with Crippen LogP contribution in [0.3, 0.4) is 0 Å². The Morgan fingerprint density at radius 1 is 0.594 bits per heavy atom. The van der Waals surface area contributed by atoms with Crippen LogP contribution in [-0.2, 0) is 0 Å². The summed E-state index contributed by atoms with van der Waals surface area (Å²) >= 11 is 0. The second kappa shape index (κ2) is 8.52. The van der Waals surface area contributed by atoms with Crippen LogP contribution >= 0.6 is 0 Å². The molecule has 5 aromatic rings. The first-order chi connectivity index (χ1) is 15.7. The molecule has 0 saturated carbocycles. The number of hydrogen-bond donors (Lipinski definition) is 3. The molecular formula is C26H20B2O4. The van der Waals surface area contributed by atoms with E-state index in [4.69, 9.17) is 4.65 Å². The topological polar surface area (TPSA) is 69.9 Å². The van der Waals surface area contributed by atoms with Crippen LogP contribution in [0.4, 0.5) is 0 Å². The lowest BCUT2D eigenvalue weighted by atomic mass is 9.77. The van der Waals surface area contributed by atoms with E-state index in [2.05, 4.69) is 24.3 Å². The number of fused-ring (bicyclic) bond motifs is 2. The van der Waals surface area contributed by atoms with Gasteiger partial charge in [0.1, 0.15) is 5.75 Å². The smallest absolute Gasteiger partial charge is 0.504 e. The normalized spacial score (nSPS) is 11.0. The molecule has 6 heteroatoms. The molecule has 5 aromatic carbocycles. The second-order valence-electron chi connectivity index (χ2n) is 7.64. The third kappa shape index (κ3) is 3.55. The molecule has 3 N–H and O–H groups in total. The summed E-state index contributed by atoms with van der Waals surface area (Å²) in [6.45, 7) is 0. The fourth-order valence-electron chi connectivity index (χ4n) is 4.38. The minimum Gasteiger partial charge on any atom is -0.539 e. The van der Waals surface area contributed by atoms with Crippen molar-refractivity contribution in [2.45, 2.75) is 0 Å². The van der Waals surface area contributed by atoms with Gasteiger partial charge >= 0.3 is 14.8 Å². The molecule has 0 fully saturated rings. The summed E-state index contributed by atoms with van der Waals surface area (Å²) in [5.41, 5.74) is 4.54. The summed E-state index contributed by atoms with van der Waals surface area (Å²) in [5, 5.41) is 32.9.